The Kier molecular flexibility index (Phi) is 3.15. The van der Waals surface area contributed by atoms with E-state index in [1.165, 1.54) is 5.56 Å². The van der Waals surface area contributed by atoms with Crippen molar-refractivity contribution in [3.63, 3.8) is 0 Å². The Labute approximate surface area is 113 Å². The number of hydrogen-bond acceptors (Lipinski definition) is 4. The van der Waals surface area contributed by atoms with Gasteiger partial charge in [-0.3, -0.25) is 4.90 Å². The molecule has 3 rings (SSSR count). The summed E-state index contributed by atoms with van der Waals surface area (Å²) in [4.78, 5) is 2.39. The topological polar surface area (TPSA) is 41.9 Å². The SMILES string of the molecule is CC1(C)CN(Cc2ccc3c(c2)OCO3)CCC1O. The highest BCUT2D eigenvalue weighted by Crippen LogP contribution is 2.34. The fourth-order valence-corrected chi connectivity index (χ4v) is 2.89. The predicted octanol–water partition coefficient (Wildman–Crippen LogP) is 2.01. The molecule has 0 aliphatic carbocycles. The van der Waals surface area contributed by atoms with Crippen LogP contribution in [-0.2, 0) is 6.54 Å². The minimum absolute atomic E-state index is 0.0331. The first-order valence-electron chi connectivity index (χ1n) is 6.83. The number of hydrogen-bond donors (Lipinski definition) is 1. The average molecular weight is 263 g/mol. The zero-order chi connectivity index (χ0) is 13.5. The summed E-state index contributed by atoms with van der Waals surface area (Å²) < 4.78 is 10.7. The Hall–Kier alpha value is -1.26. The molecule has 1 fully saturated rings. The van der Waals surface area contributed by atoms with Crippen LogP contribution in [0, 0.1) is 5.41 Å². The van der Waals surface area contributed by atoms with Crippen LogP contribution in [0.15, 0.2) is 18.2 Å². The minimum Gasteiger partial charge on any atom is -0.454 e. The summed E-state index contributed by atoms with van der Waals surface area (Å²) in [6.07, 6.45) is 0.651. The van der Waals surface area contributed by atoms with Crippen LogP contribution in [0.5, 0.6) is 11.5 Å². The number of aliphatic hydroxyl groups excluding tert-OH is 1. The zero-order valence-electron chi connectivity index (χ0n) is 11.6. The van der Waals surface area contributed by atoms with E-state index in [9.17, 15) is 5.11 Å². The number of piperidine rings is 1. The number of aliphatic hydroxyl groups is 1. The van der Waals surface area contributed by atoms with Crippen LogP contribution < -0.4 is 9.47 Å². The molecule has 4 heteroatoms. The van der Waals surface area contributed by atoms with Crippen molar-refractivity contribution in [2.45, 2.75) is 32.9 Å². The summed E-state index contributed by atoms with van der Waals surface area (Å²) in [7, 11) is 0. The maximum absolute atomic E-state index is 9.98. The van der Waals surface area contributed by atoms with Crippen LogP contribution in [0.3, 0.4) is 0 Å². The van der Waals surface area contributed by atoms with Crippen molar-refractivity contribution >= 4 is 0 Å². The van der Waals surface area contributed by atoms with E-state index in [0.29, 0.717) is 6.79 Å². The fourth-order valence-electron chi connectivity index (χ4n) is 2.89. The second-order valence-corrected chi connectivity index (χ2v) is 6.19. The Morgan fingerprint density at radius 2 is 2.11 bits per heavy atom. The lowest BCUT2D eigenvalue weighted by atomic mass is 9.81. The smallest absolute Gasteiger partial charge is 0.231 e. The normalized spacial score (nSPS) is 25.5. The highest BCUT2D eigenvalue weighted by atomic mass is 16.7. The number of rotatable bonds is 2. The van der Waals surface area contributed by atoms with Gasteiger partial charge in [0.25, 0.3) is 0 Å². The summed E-state index contributed by atoms with van der Waals surface area (Å²) >= 11 is 0. The third-order valence-corrected chi connectivity index (χ3v) is 4.10. The number of benzene rings is 1. The molecule has 0 radical (unpaired) electrons. The van der Waals surface area contributed by atoms with Crippen LogP contribution in [-0.4, -0.2) is 36.0 Å². The molecule has 1 atom stereocenters. The Bertz CT molecular complexity index is 472. The summed E-state index contributed by atoms with van der Waals surface area (Å²) in [5, 5.41) is 9.98. The molecule has 1 aromatic rings. The van der Waals surface area contributed by atoms with Gasteiger partial charge in [0.05, 0.1) is 6.10 Å². The first-order chi connectivity index (χ1) is 9.04. The van der Waals surface area contributed by atoms with E-state index >= 15 is 0 Å². The van der Waals surface area contributed by atoms with Crippen LogP contribution in [0.25, 0.3) is 0 Å². The van der Waals surface area contributed by atoms with Gasteiger partial charge in [0.2, 0.25) is 6.79 Å². The third-order valence-electron chi connectivity index (χ3n) is 4.10. The molecule has 0 amide bonds. The lowest BCUT2D eigenvalue weighted by molar-refractivity contribution is -0.0270. The molecule has 2 aliphatic rings. The Balaban J connectivity index is 1.69. The molecule has 0 saturated carbocycles. The van der Waals surface area contributed by atoms with Gasteiger partial charge in [-0.15, -0.1) is 0 Å². The van der Waals surface area contributed by atoms with E-state index in [0.717, 1.165) is 37.6 Å². The molecule has 2 heterocycles. The predicted molar refractivity (Wildman–Crippen MR) is 72.2 cm³/mol. The largest absolute Gasteiger partial charge is 0.454 e. The van der Waals surface area contributed by atoms with Gasteiger partial charge in [0.1, 0.15) is 0 Å². The van der Waals surface area contributed by atoms with E-state index in [1.54, 1.807) is 0 Å². The summed E-state index contributed by atoms with van der Waals surface area (Å²) in [5.41, 5.74) is 1.20. The Morgan fingerprint density at radius 1 is 1.32 bits per heavy atom. The van der Waals surface area contributed by atoms with Crippen molar-refractivity contribution in [3.8, 4) is 11.5 Å². The van der Waals surface area contributed by atoms with Crippen molar-refractivity contribution < 1.29 is 14.6 Å². The summed E-state index contributed by atoms with van der Waals surface area (Å²) in [6, 6.07) is 6.12. The van der Waals surface area contributed by atoms with Gasteiger partial charge >= 0.3 is 0 Å². The van der Waals surface area contributed by atoms with Crippen LogP contribution in [0.2, 0.25) is 0 Å². The maximum Gasteiger partial charge on any atom is 0.231 e. The quantitative estimate of drug-likeness (QED) is 0.886. The van der Waals surface area contributed by atoms with E-state index < -0.39 is 0 Å². The van der Waals surface area contributed by atoms with Crippen molar-refractivity contribution in [2.75, 3.05) is 19.9 Å². The fraction of sp³-hybridized carbons (Fsp3) is 0.600. The molecular formula is C15H21NO3. The summed E-state index contributed by atoms with van der Waals surface area (Å²) in [6.45, 7) is 7.34. The van der Waals surface area contributed by atoms with Crippen molar-refractivity contribution in [3.05, 3.63) is 23.8 Å². The first kappa shape index (κ1) is 12.8. The highest BCUT2D eigenvalue weighted by molar-refractivity contribution is 5.44. The van der Waals surface area contributed by atoms with Crippen LogP contribution >= 0.6 is 0 Å². The van der Waals surface area contributed by atoms with Crippen molar-refractivity contribution in [2.24, 2.45) is 5.41 Å². The van der Waals surface area contributed by atoms with Gasteiger partial charge in [-0.25, -0.2) is 0 Å². The highest BCUT2D eigenvalue weighted by Gasteiger charge is 2.34. The Morgan fingerprint density at radius 3 is 2.89 bits per heavy atom. The zero-order valence-corrected chi connectivity index (χ0v) is 11.6. The number of fused-ring (bicyclic) bond motifs is 1. The molecule has 2 aliphatic heterocycles. The molecule has 1 unspecified atom stereocenters. The molecule has 1 aromatic carbocycles. The molecule has 104 valence electrons. The second-order valence-electron chi connectivity index (χ2n) is 6.19. The van der Waals surface area contributed by atoms with Gasteiger partial charge in [-0.2, -0.15) is 0 Å². The monoisotopic (exact) mass is 263 g/mol. The second kappa shape index (κ2) is 4.69. The van der Waals surface area contributed by atoms with Gasteiger partial charge in [-0.1, -0.05) is 19.9 Å². The lowest BCUT2D eigenvalue weighted by Gasteiger charge is -2.41. The van der Waals surface area contributed by atoms with Crippen LogP contribution in [0.1, 0.15) is 25.8 Å². The molecule has 4 nitrogen and oxygen atoms in total. The molecular weight excluding hydrogens is 242 g/mol. The van der Waals surface area contributed by atoms with Crippen molar-refractivity contribution in [1.29, 1.82) is 0 Å². The lowest BCUT2D eigenvalue weighted by Crippen LogP contribution is -2.48. The molecule has 0 aromatic heterocycles. The van der Waals surface area contributed by atoms with Gasteiger partial charge in [-0.05, 0) is 24.1 Å². The molecule has 0 bridgehead atoms. The molecule has 1 N–H and O–H groups in total. The van der Waals surface area contributed by atoms with Crippen LogP contribution in [0.4, 0.5) is 0 Å². The van der Waals surface area contributed by atoms with E-state index in [4.69, 9.17) is 9.47 Å². The van der Waals surface area contributed by atoms with Crippen molar-refractivity contribution in [1.82, 2.24) is 4.90 Å². The molecule has 1 saturated heterocycles. The van der Waals surface area contributed by atoms with E-state index in [-0.39, 0.29) is 11.5 Å². The summed E-state index contributed by atoms with van der Waals surface area (Å²) in [5.74, 6) is 1.67. The standard InChI is InChI=1S/C15H21NO3/c1-15(2)9-16(6-5-14(15)17)8-11-3-4-12-13(7-11)19-10-18-12/h3-4,7,14,17H,5-6,8-10H2,1-2H3. The average Bonchev–Trinajstić information content (AvgIpc) is 2.81. The molecule has 0 spiro atoms. The molecule has 19 heavy (non-hydrogen) atoms. The first-order valence-corrected chi connectivity index (χ1v) is 6.83. The number of likely N-dealkylation sites (tertiary alicyclic amines) is 1. The number of nitrogens with zero attached hydrogens (tertiary/aromatic N) is 1. The van der Waals surface area contributed by atoms with Gasteiger partial charge in [0, 0.05) is 25.0 Å². The van der Waals surface area contributed by atoms with E-state index in [1.807, 2.05) is 6.07 Å². The third kappa shape index (κ3) is 2.55. The van der Waals surface area contributed by atoms with E-state index in [2.05, 4.69) is 30.9 Å². The van der Waals surface area contributed by atoms with Gasteiger partial charge in [0.15, 0.2) is 11.5 Å². The van der Waals surface area contributed by atoms with Gasteiger partial charge < -0.3 is 14.6 Å². The maximum atomic E-state index is 9.98. The number of ether oxygens (including phenoxy) is 2. The minimum atomic E-state index is -0.194.